The fourth-order valence-electron chi connectivity index (χ4n) is 1.51. The molecule has 17 heavy (non-hydrogen) atoms. The minimum Gasteiger partial charge on any atom is -0.460 e. The average Bonchev–Trinajstić information content (AvgIpc) is 2.24. The zero-order chi connectivity index (χ0) is 12.9. The highest BCUT2D eigenvalue weighted by Crippen LogP contribution is 2.12. The lowest BCUT2D eigenvalue weighted by atomic mass is 10.0. The summed E-state index contributed by atoms with van der Waals surface area (Å²) < 4.78 is 5.21. The summed E-state index contributed by atoms with van der Waals surface area (Å²) in [5, 5.41) is 0. The minimum atomic E-state index is -0.457. The number of hydrogen-bond donors (Lipinski definition) is 0. The molecule has 92 valence electrons. The van der Waals surface area contributed by atoms with Gasteiger partial charge in [0.2, 0.25) is 0 Å². The first-order valence-electron chi connectivity index (χ1n) is 5.67. The van der Waals surface area contributed by atoms with Crippen molar-refractivity contribution < 1.29 is 14.3 Å². The summed E-state index contributed by atoms with van der Waals surface area (Å²) in [6.07, 6.45) is 1.64. The molecule has 0 unspecified atom stereocenters. The summed E-state index contributed by atoms with van der Waals surface area (Å²) in [6, 6.07) is 7.27. The molecular weight excluding hydrogens is 216 g/mol. The van der Waals surface area contributed by atoms with Crippen molar-refractivity contribution in [3.05, 3.63) is 35.4 Å². The molecule has 1 aromatic rings. The highest BCUT2D eigenvalue weighted by Gasteiger charge is 2.16. The molecule has 0 saturated heterocycles. The van der Waals surface area contributed by atoms with Crippen LogP contribution in [0.3, 0.4) is 0 Å². The van der Waals surface area contributed by atoms with Crippen LogP contribution in [0.1, 0.15) is 43.1 Å². The molecule has 1 aromatic carbocycles. The van der Waals surface area contributed by atoms with Gasteiger partial charge in [-0.2, -0.15) is 0 Å². The van der Waals surface area contributed by atoms with Crippen molar-refractivity contribution in [2.24, 2.45) is 0 Å². The maximum Gasteiger partial charge on any atom is 0.306 e. The number of aldehydes is 1. The van der Waals surface area contributed by atoms with E-state index < -0.39 is 5.60 Å². The molecule has 3 nitrogen and oxygen atoms in total. The summed E-state index contributed by atoms with van der Waals surface area (Å²) in [5.74, 6) is -0.238. The van der Waals surface area contributed by atoms with Gasteiger partial charge in [0.25, 0.3) is 0 Å². The number of rotatable bonds is 4. The van der Waals surface area contributed by atoms with Crippen LogP contribution in [0, 0.1) is 0 Å². The van der Waals surface area contributed by atoms with Crippen molar-refractivity contribution in [3.63, 3.8) is 0 Å². The Morgan fingerprint density at radius 2 is 1.94 bits per heavy atom. The van der Waals surface area contributed by atoms with E-state index in [9.17, 15) is 9.59 Å². The van der Waals surface area contributed by atoms with E-state index in [-0.39, 0.29) is 5.97 Å². The second-order valence-corrected chi connectivity index (χ2v) is 4.90. The van der Waals surface area contributed by atoms with Crippen molar-refractivity contribution >= 4 is 12.3 Å². The fraction of sp³-hybridized carbons (Fsp3) is 0.429. The first kappa shape index (κ1) is 13.4. The quantitative estimate of drug-likeness (QED) is 0.594. The van der Waals surface area contributed by atoms with Gasteiger partial charge < -0.3 is 4.74 Å². The van der Waals surface area contributed by atoms with Gasteiger partial charge in [0.05, 0.1) is 0 Å². The Balaban J connectivity index is 2.56. The fourth-order valence-corrected chi connectivity index (χ4v) is 1.51. The molecule has 0 aliphatic carbocycles. The third-order valence-electron chi connectivity index (χ3n) is 2.20. The Hall–Kier alpha value is -1.64. The van der Waals surface area contributed by atoms with Crippen LogP contribution in [-0.2, 0) is 16.0 Å². The summed E-state index contributed by atoms with van der Waals surface area (Å²) in [4.78, 5) is 22.3. The van der Waals surface area contributed by atoms with Gasteiger partial charge in [-0.1, -0.05) is 24.3 Å². The number of carbonyl (C=O) groups is 2. The van der Waals surface area contributed by atoms with Crippen LogP contribution in [0.5, 0.6) is 0 Å². The van der Waals surface area contributed by atoms with E-state index in [1.54, 1.807) is 12.1 Å². The summed E-state index contributed by atoms with van der Waals surface area (Å²) >= 11 is 0. The molecule has 0 N–H and O–H groups in total. The highest BCUT2D eigenvalue weighted by molar-refractivity contribution is 5.78. The third kappa shape index (κ3) is 4.81. The van der Waals surface area contributed by atoms with Crippen molar-refractivity contribution in [1.82, 2.24) is 0 Å². The lowest BCUT2D eigenvalue weighted by molar-refractivity contribution is -0.154. The molecule has 0 amide bonds. The second-order valence-electron chi connectivity index (χ2n) is 4.90. The van der Waals surface area contributed by atoms with Crippen molar-refractivity contribution in [1.29, 1.82) is 0 Å². The summed E-state index contributed by atoms with van der Waals surface area (Å²) in [5.41, 5.74) is 1.06. The Kier molecular flexibility index (Phi) is 4.44. The molecular formula is C14H18O3. The number of benzene rings is 1. The largest absolute Gasteiger partial charge is 0.460 e. The van der Waals surface area contributed by atoms with E-state index in [4.69, 9.17) is 4.74 Å². The zero-order valence-corrected chi connectivity index (χ0v) is 10.5. The second kappa shape index (κ2) is 5.62. The maximum absolute atomic E-state index is 11.5. The summed E-state index contributed by atoms with van der Waals surface area (Å²) in [7, 11) is 0. The highest BCUT2D eigenvalue weighted by atomic mass is 16.6. The molecule has 0 aliphatic heterocycles. The molecule has 3 heteroatoms. The first-order chi connectivity index (χ1) is 7.92. The third-order valence-corrected chi connectivity index (χ3v) is 2.20. The van der Waals surface area contributed by atoms with E-state index in [1.807, 2.05) is 32.9 Å². The smallest absolute Gasteiger partial charge is 0.306 e. The molecule has 0 atom stereocenters. The van der Waals surface area contributed by atoms with E-state index in [2.05, 4.69) is 0 Å². The van der Waals surface area contributed by atoms with Crippen molar-refractivity contribution in [2.75, 3.05) is 0 Å². The Labute approximate surface area is 102 Å². The monoisotopic (exact) mass is 234 g/mol. The van der Waals surface area contributed by atoms with Crippen LogP contribution >= 0.6 is 0 Å². The number of esters is 1. The maximum atomic E-state index is 11.5. The SMILES string of the molecule is CC(C)(C)OC(=O)CCc1ccccc1C=O. The average molecular weight is 234 g/mol. The zero-order valence-electron chi connectivity index (χ0n) is 10.5. The Morgan fingerprint density at radius 3 is 2.53 bits per heavy atom. The lowest BCUT2D eigenvalue weighted by Gasteiger charge is -2.19. The van der Waals surface area contributed by atoms with Gasteiger partial charge in [0.15, 0.2) is 0 Å². The number of aryl methyl sites for hydroxylation is 1. The predicted octanol–water partition coefficient (Wildman–Crippen LogP) is 2.77. The van der Waals surface area contributed by atoms with Gasteiger partial charge in [-0.3, -0.25) is 9.59 Å². The lowest BCUT2D eigenvalue weighted by Crippen LogP contribution is -2.24. The molecule has 0 bridgehead atoms. The van der Waals surface area contributed by atoms with Crippen LogP contribution in [-0.4, -0.2) is 17.9 Å². The summed E-state index contributed by atoms with van der Waals surface area (Å²) in [6.45, 7) is 5.51. The van der Waals surface area contributed by atoms with Crippen LogP contribution in [0.15, 0.2) is 24.3 Å². The van der Waals surface area contributed by atoms with Gasteiger partial charge in [-0.25, -0.2) is 0 Å². The molecule has 0 aliphatic rings. The normalized spacial score (nSPS) is 11.0. The van der Waals surface area contributed by atoms with Crippen LogP contribution < -0.4 is 0 Å². The van der Waals surface area contributed by atoms with E-state index >= 15 is 0 Å². The first-order valence-corrected chi connectivity index (χ1v) is 5.67. The Morgan fingerprint density at radius 1 is 1.29 bits per heavy atom. The standard InChI is InChI=1S/C14H18O3/c1-14(2,3)17-13(16)9-8-11-6-4-5-7-12(11)10-15/h4-7,10H,8-9H2,1-3H3. The van der Waals surface area contributed by atoms with Crippen LogP contribution in [0.2, 0.25) is 0 Å². The van der Waals surface area contributed by atoms with E-state index in [0.717, 1.165) is 11.8 Å². The molecule has 0 spiro atoms. The Bertz CT molecular complexity index is 402. The number of hydrogen-bond acceptors (Lipinski definition) is 3. The predicted molar refractivity (Wildman–Crippen MR) is 66.0 cm³/mol. The molecule has 0 heterocycles. The molecule has 0 radical (unpaired) electrons. The van der Waals surface area contributed by atoms with Gasteiger partial charge in [-0.05, 0) is 32.8 Å². The van der Waals surface area contributed by atoms with Crippen molar-refractivity contribution in [2.45, 2.75) is 39.2 Å². The van der Waals surface area contributed by atoms with Gasteiger partial charge >= 0.3 is 5.97 Å². The number of ether oxygens (including phenoxy) is 1. The van der Waals surface area contributed by atoms with E-state index in [1.165, 1.54) is 0 Å². The van der Waals surface area contributed by atoms with Crippen LogP contribution in [0.4, 0.5) is 0 Å². The molecule has 1 rings (SSSR count). The van der Waals surface area contributed by atoms with E-state index in [0.29, 0.717) is 18.4 Å². The molecule has 0 fully saturated rings. The topological polar surface area (TPSA) is 43.4 Å². The van der Waals surface area contributed by atoms with Gasteiger partial charge in [-0.15, -0.1) is 0 Å². The molecule has 0 saturated carbocycles. The van der Waals surface area contributed by atoms with Crippen LogP contribution in [0.25, 0.3) is 0 Å². The number of carbonyl (C=O) groups excluding carboxylic acids is 2. The minimum absolute atomic E-state index is 0.238. The molecule has 0 aromatic heterocycles. The van der Waals surface area contributed by atoms with Gasteiger partial charge in [0, 0.05) is 12.0 Å². The van der Waals surface area contributed by atoms with Gasteiger partial charge in [0.1, 0.15) is 11.9 Å². The van der Waals surface area contributed by atoms with Crippen molar-refractivity contribution in [3.8, 4) is 0 Å².